The van der Waals surface area contributed by atoms with Crippen molar-refractivity contribution in [3.63, 3.8) is 0 Å². The van der Waals surface area contributed by atoms with Crippen molar-refractivity contribution in [2.45, 2.75) is 71.7 Å². The number of aromatic nitrogens is 1. The molecule has 12 nitrogen and oxygen atoms in total. The lowest BCUT2D eigenvalue weighted by Crippen LogP contribution is -2.57. The molecule has 0 saturated carbocycles. The third-order valence-electron chi connectivity index (χ3n) is 7.02. The second-order valence-electron chi connectivity index (χ2n) is 11.6. The maximum absolute atomic E-state index is 13.7. The summed E-state index contributed by atoms with van der Waals surface area (Å²) in [5.74, 6) is -2.14. The van der Waals surface area contributed by atoms with Crippen LogP contribution in [0, 0.1) is 12.3 Å². The number of carbonyl (C=O) groups is 4. The van der Waals surface area contributed by atoms with Gasteiger partial charge >= 0.3 is 5.97 Å². The number of ether oxygens (including phenoxy) is 2. The quantitative estimate of drug-likeness (QED) is 0.219. The molecule has 0 bridgehead atoms. The Bertz CT molecular complexity index is 1240. The number of carboxylic acids is 1. The van der Waals surface area contributed by atoms with Crippen molar-refractivity contribution in [1.82, 2.24) is 20.5 Å². The van der Waals surface area contributed by atoms with Gasteiger partial charge in [-0.3, -0.25) is 19.2 Å². The molecule has 1 unspecified atom stereocenters. The zero-order chi connectivity index (χ0) is 31.6. The topological polar surface area (TPSA) is 167 Å². The number of aliphatic hydroxyl groups excluding tert-OH is 1. The van der Waals surface area contributed by atoms with Crippen LogP contribution < -0.4 is 10.6 Å². The van der Waals surface area contributed by atoms with Crippen LogP contribution >= 0.6 is 11.3 Å². The number of hydrogen-bond donors (Lipinski definition) is 4. The van der Waals surface area contributed by atoms with E-state index in [1.807, 2.05) is 52.0 Å². The molecule has 1 aliphatic rings. The van der Waals surface area contributed by atoms with Crippen LogP contribution in [0.4, 0.5) is 0 Å². The normalized spacial score (nSPS) is 17.5. The Balaban J connectivity index is 1.53. The summed E-state index contributed by atoms with van der Waals surface area (Å²) in [5.41, 5.74) is 4.04. The molecule has 1 aromatic carbocycles. The first-order chi connectivity index (χ1) is 20.4. The Morgan fingerprint density at radius 2 is 1.72 bits per heavy atom. The molecule has 0 aliphatic carbocycles. The fraction of sp³-hybridized carbons (Fsp3) is 0.567. The van der Waals surface area contributed by atoms with Crippen LogP contribution in [0.5, 0.6) is 0 Å². The lowest BCUT2D eigenvalue weighted by atomic mass is 9.85. The van der Waals surface area contributed by atoms with Gasteiger partial charge in [0.05, 0.1) is 55.0 Å². The van der Waals surface area contributed by atoms with Crippen LogP contribution in [0.2, 0.25) is 0 Å². The second-order valence-corrected chi connectivity index (χ2v) is 12.4. The number of aryl methyl sites for hydroxylation is 1. The van der Waals surface area contributed by atoms with E-state index in [0.29, 0.717) is 0 Å². The Morgan fingerprint density at radius 1 is 1.07 bits per heavy atom. The van der Waals surface area contributed by atoms with Crippen molar-refractivity contribution >= 4 is 35.0 Å². The molecule has 1 fully saturated rings. The highest BCUT2D eigenvalue weighted by Crippen LogP contribution is 2.28. The zero-order valence-electron chi connectivity index (χ0n) is 25.1. The van der Waals surface area contributed by atoms with Gasteiger partial charge in [0.2, 0.25) is 17.7 Å². The number of nitrogens with one attached hydrogen (secondary N) is 2. The van der Waals surface area contributed by atoms with E-state index in [0.717, 1.165) is 21.7 Å². The van der Waals surface area contributed by atoms with E-state index in [-0.39, 0.29) is 64.7 Å². The number of aliphatic hydroxyl groups is 1. The van der Waals surface area contributed by atoms with Crippen molar-refractivity contribution in [2.24, 2.45) is 5.41 Å². The van der Waals surface area contributed by atoms with Gasteiger partial charge in [-0.1, -0.05) is 45.0 Å². The molecule has 43 heavy (non-hydrogen) atoms. The van der Waals surface area contributed by atoms with Gasteiger partial charge < -0.3 is 35.2 Å². The highest BCUT2D eigenvalue weighted by molar-refractivity contribution is 7.13. The van der Waals surface area contributed by atoms with Gasteiger partial charge in [-0.2, -0.15) is 0 Å². The summed E-state index contributed by atoms with van der Waals surface area (Å²) < 4.78 is 10.5. The number of amides is 3. The number of carboxylic acid groups (broad SMARTS) is 1. The molecular formula is C30H42N4O8S. The van der Waals surface area contributed by atoms with Gasteiger partial charge in [0.15, 0.2) is 0 Å². The predicted molar refractivity (Wildman–Crippen MR) is 160 cm³/mol. The molecule has 3 atom stereocenters. The second kappa shape index (κ2) is 15.9. The lowest BCUT2D eigenvalue weighted by molar-refractivity contribution is -0.144. The fourth-order valence-electron chi connectivity index (χ4n) is 4.66. The Morgan fingerprint density at radius 3 is 2.30 bits per heavy atom. The molecule has 3 amide bonds. The third kappa shape index (κ3) is 10.4. The van der Waals surface area contributed by atoms with Gasteiger partial charge in [-0.25, -0.2) is 4.98 Å². The van der Waals surface area contributed by atoms with Crippen molar-refractivity contribution in [2.75, 3.05) is 33.0 Å². The molecule has 4 N–H and O–H groups in total. The summed E-state index contributed by atoms with van der Waals surface area (Å²) in [6.07, 6.45) is -0.843. The zero-order valence-corrected chi connectivity index (χ0v) is 25.9. The largest absolute Gasteiger partial charge is 0.481 e. The first-order valence-electron chi connectivity index (χ1n) is 14.3. The molecule has 13 heteroatoms. The fourth-order valence-corrected chi connectivity index (χ4v) is 5.47. The Labute approximate surface area is 255 Å². The molecule has 0 spiro atoms. The lowest BCUT2D eigenvalue weighted by Gasteiger charge is -2.35. The number of carbonyl (C=O) groups excluding carboxylic acids is 3. The molecule has 2 heterocycles. The summed E-state index contributed by atoms with van der Waals surface area (Å²) in [7, 11) is 0. The minimum absolute atomic E-state index is 0.00286. The molecule has 2 aromatic rings. The predicted octanol–water partition coefficient (Wildman–Crippen LogP) is 2.13. The molecular weight excluding hydrogens is 576 g/mol. The van der Waals surface area contributed by atoms with Crippen molar-refractivity contribution in [1.29, 1.82) is 0 Å². The molecule has 1 aromatic heterocycles. The van der Waals surface area contributed by atoms with E-state index in [1.165, 1.54) is 4.90 Å². The van der Waals surface area contributed by atoms with E-state index >= 15 is 0 Å². The maximum atomic E-state index is 13.7. The van der Waals surface area contributed by atoms with E-state index in [2.05, 4.69) is 15.6 Å². The minimum Gasteiger partial charge on any atom is -0.481 e. The van der Waals surface area contributed by atoms with Crippen molar-refractivity contribution in [3.8, 4) is 10.4 Å². The summed E-state index contributed by atoms with van der Waals surface area (Å²) in [4.78, 5) is 56.8. The standard InChI is InChI=1S/C30H42N4O8S/c1-19-26(43-18-32-19)21-7-5-20(6-8-21)16-31-28(39)23-15-22(35)17-34(23)29(40)27(30(2,3)4)33-24(36)9-11-41-13-14-42-12-10-25(37)38/h5-8,18,22-23,27,35H,9-17H2,1-4H3,(H,31,39)(H,33,36)(H,37,38)/t22-,23+,27?/m1/s1. The average molecular weight is 619 g/mol. The number of rotatable bonds is 15. The molecule has 1 aliphatic heterocycles. The minimum atomic E-state index is -0.944. The maximum Gasteiger partial charge on any atom is 0.305 e. The molecule has 1 saturated heterocycles. The molecule has 3 rings (SSSR count). The molecule has 0 radical (unpaired) electrons. The highest BCUT2D eigenvalue weighted by Gasteiger charge is 2.44. The van der Waals surface area contributed by atoms with Crippen LogP contribution in [0.3, 0.4) is 0 Å². The van der Waals surface area contributed by atoms with Gasteiger partial charge in [0, 0.05) is 25.9 Å². The van der Waals surface area contributed by atoms with Crippen LogP contribution in [-0.2, 0) is 35.2 Å². The first kappa shape index (κ1) is 34.1. The number of aliphatic carboxylic acids is 1. The average Bonchev–Trinajstić information content (AvgIpc) is 3.56. The van der Waals surface area contributed by atoms with Crippen LogP contribution in [0.1, 0.15) is 51.3 Å². The Kier molecular flexibility index (Phi) is 12.6. The first-order valence-corrected chi connectivity index (χ1v) is 15.2. The third-order valence-corrected chi connectivity index (χ3v) is 7.99. The smallest absolute Gasteiger partial charge is 0.305 e. The van der Waals surface area contributed by atoms with Gasteiger partial charge in [-0.15, -0.1) is 11.3 Å². The number of nitrogens with zero attached hydrogens (tertiary/aromatic N) is 2. The summed E-state index contributed by atoms with van der Waals surface area (Å²) in [6, 6.07) is 6.03. The van der Waals surface area contributed by atoms with E-state index < -0.39 is 41.4 Å². The number of hydrogen-bond acceptors (Lipinski definition) is 9. The SMILES string of the molecule is Cc1ncsc1-c1ccc(CNC(=O)[C@@H]2C[C@@H](O)CN2C(=O)C(NC(=O)CCOCCOCCC(=O)O)C(C)(C)C)cc1. The van der Waals surface area contributed by atoms with E-state index in [1.54, 1.807) is 16.8 Å². The van der Waals surface area contributed by atoms with Gasteiger partial charge in [-0.05, 0) is 23.5 Å². The van der Waals surface area contributed by atoms with Crippen LogP contribution in [-0.4, -0.2) is 94.9 Å². The summed E-state index contributed by atoms with van der Waals surface area (Å²) in [6.45, 7) is 8.26. The number of β-amino-alcohol motifs (C(OH)–C–C–N with tert-alkyl or cyclic N) is 1. The monoisotopic (exact) mass is 618 g/mol. The van der Waals surface area contributed by atoms with Gasteiger partial charge in [0.1, 0.15) is 12.1 Å². The van der Waals surface area contributed by atoms with Crippen molar-refractivity contribution < 1.29 is 38.9 Å². The molecule has 236 valence electrons. The summed E-state index contributed by atoms with van der Waals surface area (Å²) >= 11 is 1.57. The highest BCUT2D eigenvalue weighted by atomic mass is 32.1. The number of benzene rings is 1. The number of likely N-dealkylation sites (tertiary alicyclic amines) is 1. The Hall–Kier alpha value is -3.39. The van der Waals surface area contributed by atoms with Crippen LogP contribution in [0.25, 0.3) is 10.4 Å². The van der Waals surface area contributed by atoms with Crippen molar-refractivity contribution in [3.05, 3.63) is 41.0 Å². The summed E-state index contributed by atoms with van der Waals surface area (Å²) in [5, 5.41) is 24.7. The number of thiazole rings is 1. The van der Waals surface area contributed by atoms with Crippen LogP contribution in [0.15, 0.2) is 29.8 Å². The van der Waals surface area contributed by atoms with Gasteiger partial charge in [0.25, 0.3) is 0 Å². The van der Waals surface area contributed by atoms with E-state index in [4.69, 9.17) is 14.6 Å². The van der Waals surface area contributed by atoms with E-state index in [9.17, 15) is 24.3 Å².